The summed E-state index contributed by atoms with van der Waals surface area (Å²) in [5.74, 6) is -0.879. The van der Waals surface area contributed by atoms with E-state index in [1.54, 1.807) is 24.5 Å². The fourth-order valence-electron chi connectivity index (χ4n) is 1.68. The molecule has 2 aromatic rings. The summed E-state index contributed by atoms with van der Waals surface area (Å²) in [6.45, 7) is 3.95. The van der Waals surface area contributed by atoms with E-state index >= 15 is 0 Å². The molecule has 1 atom stereocenters. The summed E-state index contributed by atoms with van der Waals surface area (Å²) in [7, 11) is 0. The number of Topliss-reactive ketones (excluding diaryl/α,β-unsaturated/α-hetero) is 1. The molecule has 0 fully saturated rings. The number of hydrogen-bond acceptors (Lipinski definition) is 4. The molecule has 0 saturated heterocycles. The minimum Gasteiger partial charge on any atom is -0.291 e. The maximum absolute atomic E-state index is 12.3. The van der Waals surface area contributed by atoms with Crippen LogP contribution in [0.15, 0.2) is 30.6 Å². The summed E-state index contributed by atoms with van der Waals surface area (Å²) in [6, 6.07) is 7.34. The summed E-state index contributed by atoms with van der Waals surface area (Å²) in [5.41, 5.74) is 1.79. The normalized spacial score (nSPS) is 11.8. The lowest BCUT2D eigenvalue weighted by Gasteiger charge is -2.06. The Balaban J connectivity index is 2.35. The van der Waals surface area contributed by atoms with Crippen LogP contribution in [0.5, 0.6) is 0 Å². The lowest BCUT2D eigenvalue weighted by atomic mass is 9.96. The molecule has 0 bridgehead atoms. The van der Waals surface area contributed by atoms with Gasteiger partial charge in [-0.05, 0) is 43.2 Å². The van der Waals surface area contributed by atoms with Gasteiger partial charge in [0.15, 0.2) is 5.78 Å². The van der Waals surface area contributed by atoms with E-state index in [1.807, 2.05) is 19.9 Å². The van der Waals surface area contributed by atoms with E-state index in [-0.39, 0.29) is 5.78 Å². The fraction of sp³-hybridized carbons (Fsp3) is 0.214. The molecule has 0 aliphatic heterocycles. The van der Waals surface area contributed by atoms with Crippen LogP contribution in [0, 0.1) is 25.2 Å². The van der Waals surface area contributed by atoms with Crippen LogP contribution in [-0.4, -0.2) is 10.8 Å². The van der Waals surface area contributed by atoms with Crippen LogP contribution in [-0.2, 0) is 0 Å². The van der Waals surface area contributed by atoms with E-state index in [0.717, 1.165) is 10.4 Å². The van der Waals surface area contributed by atoms with Gasteiger partial charge in [-0.1, -0.05) is 0 Å². The molecule has 18 heavy (non-hydrogen) atoms. The van der Waals surface area contributed by atoms with Gasteiger partial charge in [0.05, 0.1) is 10.9 Å². The van der Waals surface area contributed by atoms with Gasteiger partial charge in [-0.25, -0.2) is 0 Å². The quantitative estimate of drug-likeness (QED) is 0.792. The SMILES string of the molecule is Cc1cc(C(=O)C(C#N)c2ccncc2)sc1C. The van der Waals surface area contributed by atoms with Gasteiger partial charge in [-0.2, -0.15) is 5.26 Å². The molecule has 0 aliphatic carbocycles. The van der Waals surface area contributed by atoms with Gasteiger partial charge in [0.1, 0.15) is 5.92 Å². The number of carbonyl (C=O) groups is 1. The molecular formula is C14H12N2OS. The monoisotopic (exact) mass is 256 g/mol. The Labute approximate surface area is 110 Å². The summed E-state index contributed by atoms with van der Waals surface area (Å²) in [5, 5.41) is 9.20. The largest absolute Gasteiger partial charge is 0.291 e. The van der Waals surface area contributed by atoms with Crippen molar-refractivity contribution < 1.29 is 4.79 Å². The second kappa shape index (κ2) is 5.11. The van der Waals surface area contributed by atoms with Crippen LogP contribution in [0.1, 0.15) is 31.6 Å². The van der Waals surface area contributed by atoms with Crippen LogP contribution in [0.3, 0.4) is 0 Å². The van der Waals surface area contributed by atoms with Crippen LogP contribution < -0.4 is 0 Å². The number of nitrogens with zero attached hydrogens (tertiary/aromatic N) is 2. The molecule has 0 amide bonds. The molecule has 2 heterocycles. The number of nitriles is 1. The van der Waals surface area contributed by atoms with E-state index in [0.29, 0.717) is 10.4 Å². The number of pyridine rings is 1. The van der Waals surface area contributed by atoms with Crippen molar-refractivity contribution in [1.82, 2.24) is 4.98 Å². The second-order valence-electron chi connectivity index (χ2n) is 4.06. The molecule has 90 valence electrons. The second-order valence-corrected chi connectivity index (χ2v) is 5.31. The van der Waals surface area contributed by atoms with Gasteiger partial charge in [-0.15, -0.1) is 11.3 Å². The van der Waals surface area contributed by atoms with Crippen LogP contribution >= 0.6 is 11.3 Å². The third kappa shape index (κ3) is 2.31. The molecule has 0 saturated carbocycles. The predicted molar refractivity (Wildman–Crippen MR) is 70.7 cm³/mol. The minimum atomic E-state index is -0.745. The Bertz CT molecular complexity index is 591. The van der Waals surface area contributed by atoms with Crippen LogP contribution in [0.2, 0.25) is 0 Å². The highest BCUT2D eigenvalue weighted by molar-refractivity contribution is 7.14. The molecule has 0 aliphatic rings. The van der Waals surface area contributed by atoms with E-state index in [4.69, 9.17) is 0 Å². The molecule has 0 spiro atoms. The molecule has 2 aromatic heterocycles. The van der Waals surface area contributed by atoms with Gasteiger partial charge in [-0.3, -0.25) is 9.78 Å². The average Bonchev–Trinajstić information content (AvgIpc) is 2.72. The molecule has 1 unspecified atom stereocenters. The lowest BCUT2D eigenvalue weighted by molar-refractivity contribution is 0.0982. The highest BCUT2D eigenvalue weighted by Gasteiger charge is 2.23. The number of ketones is 1. The zero-order valence-corrected chi connectivity index (χ0v) is 11.0. The van der Waals surface area contributed by atoms with E-state index in [9.17, 15) is 10.1 Å². The zero-order valence-electron chi connectivity index (χ0n) is 10.2. The van der Waals surface area contributed by atoms with Crippen LogP contribution in [0.4, 0.5) is 0 Å². The fourth-order valence-corrected chi connectivity index (χ4v) is 2.68. The lowest BCUT2D eigenvalue weighted by Crippen LogP contribution is -2.09. The van der Waals surface area contributed by atoms with Crippen molar-refractivity contribution in [2.45, 2.75) is 19.8 Å². The molecule has 0 radical (unpaired) electrons. The Morgan fingerprint density at radius 3 is 2.56 bits per heavy atom. The Morgan fingerprint density at radius 2 is 2.06 bits per heavy atom. The highest BCUT2D eigenvalue weighted by Crippen LogP contribution is 2.27. The first-order valence-corrected chi connectivity index (χ1v) is 6.36. The first-order chi connectivity index (χ1) is 8.63. The van der Waals surface area contributed by atoms with E-state index in [1.165, 1.54) is 11.3 Å². The predicted octanol–water partition coefficient (Wildman–Crippen LogP) is 3.25. The van der Waals surface area contributed by atoms with Crippen molar-refractivity contribution >= 4 is 17.1 Å². The average molecular weight is 256 g/mol. The number of carbonyl (C=O) groups excluding carboxylic acids is 1. The molecular weight excluding hydrogens is 244 g/mol. The van der Waals surface area contributed by atoms with Crippen molar-refractivity contribution in [3.05, 3.63) is 51.5 Å². The number of aromatic nitrogens is 1. The maximum Gasteiger partial charge on any atom is 0.194 e. The number of aryl methyl sites for hydroxylation is 2. The molecule has 4 heteroatoms. The molecule has 0 N–H and O–H groups in total. The molecule has 2 rings (SSSR count). The summed E-state index contributed by atoms with van der Waals surface area (Å²) < 4.78 is 0. The summed E-state index contributed by atoms with van der Waals surface area (Å²) in [4.78, 5) is 18.0. The van der Waals surface area contributed by atoms with Crippen molar-refractivity contribution in [2.24, 2.45) is 0 Å². The summed E-state index contributed by atoms with van der Waals surface area (Å²) >= 11 is 1.44. The van der Waals surface area contributed by atoms with Gasteiger partial charge < -0.3 is 0 Å². The van der Waals surface area contributed by atoms with Gasteiger partial charge in [0, 0.05) is 17.3 Å². The van der Waals surface area contributed by atoms with Crippen LogP contribution in [0.25, 0.3) is 0 Å². The van der Waals surface area contributed by atoms with Crippen molar-refractivity contribution in [3.63, 3.8) is 0 Å². The first-order valence-electron chi connectivity index (χ1n) is 5.54. The topological polar surface area (TPSA) is 53.8 Å². The van der Waals surface area contributed by atoms with E-state index < -0.39 is 5.92 Å². The number of rotatable bonds is 3. The van der Waals surface area contributed by atoms with Gasteiger partial charge >= 0.3 is 0 Å². The van der Waals surface area contributed by atoms with Gasteiger partial charge in [0.25, 0.3) is 0 Å². The molecule has 0 aromatic carbocycles. The van der Waals surface area contributed by atoms with Crippen molar-refractivity contribution in [3.8, 4) is 6.07 Å². The van der Waals surface area contributed by atoms with Crippen molar-refractivity contribution in [2.75, 3.05) is 0 Å². The Hall–Kier alpha value is -1.99. The third-order valence-corrected chi connectivity index (χ3v) is 4.01. The van der Waals surface area contributed by atoms with Crippen molar-refractivity contribution in [1.29, 1.82) is 5.26 Å². The minimum absolute atomic E-state index is 0.134. The Morgan fingerprint density at radius 1 is 1.39 bits per heavy atom. The Kier molecular flexibility index (Phi) is 3.54. The first kappa shape index (κ1) is 12.5. The third-order valence-electron chi connectivity index (χ3n) is 2.84. The van der Waals surface area contributed by atoms with Gasteiger partial charge in [0.2, 0.25) is 0 Å². The summed E-state index contributed by atoms with van der Waals surface area (Å²) in [6.07, 6.45) is 3.19. The number of hydrogen-bond donors (Lipinski definition) is 0. The standard InChI is InChI=1S/C14H12N2OS/c1-9-7-13(18-10(9)2)14(17)12(8-15)11-3-5-16-6-4-11/h3-7,12H,1-2H3. The highest BCUT2D eigenvalue weighted by atomic mass is 32.1. The number of thiophene rings is 1. The zero-order chi connectivity index (χ0) is 13.1. The molecule has 3 nitrogen and oxygen atoms in total. The van der Waals surface area contributed by atoms with E-state index in [2.05, 4.69) is 11.1 Å². The smallest absolute Gasteiger partial charge is 0.194 e. The maximum atomic E-state index is 12.3.